The zero-order valence-corrected chi connectivity index (χ0v) is 13.8. The molecule has 0 bridgehead atoms. The van der Waals surface area contributed by atoms with Crippen molar-refractivity contribution in [2.24, 2.45) is 0 Å². The van der Waals surface area contributed by atoms with E-state index in [0.29, 0.717) is 5.92 Å². The van der Waals surface area contributed by atoms with Gasteiger partial charge in [0.05, 0.1) is 0 Å². The quantitative estimate of drug-likeness (QED) is 0.690. The van der Waals surface area contributed by atoms with E-state index in [2.05, 4.69) is 38.2 Å². The zero-order chi connectivity index (χ0) is 15.7. The van der Waals surface area contributed by atoms with Crippen LogP contribution >= 0.6 is 0 Å². The molecule has 1 aromatic carbocycles. The summed E-state index contributed by atoms with van der Waals surface area (Å²) in [6.45, 7) is 9.06. The minimum absolute atomic E-state index is 0.0443. The molecule has 0 fully saturated rings. The van der Waals surface area contributed by atoms with Gasteiger partial charge >= 0.3 is 0 Å². The second kappa shape index (κ2) is 9.43. The fourth-order valence-electron chi connectivity index (χ4n) is 2.10. The van der Waals surface area contributed by atoms with Gasteiger partial charge in [-0.25, -0.2) is 0 Å². The van der Waals surface area contributed by atoms with Crippen molar-refractivity contribution in [3.05, 3.63) is 29.8 Å². The lowest BCUT2D eigenvalue weighted by atomic mass is 9.99. The highest BCUT2D eigenvalue weighted by molar-refractivity contribution is 5.80. The number of amides is 1. The molecule has 21 heavy (non-hydrogen) atoms. The first-order valence-corrected chi connectivity index (χ1v) is 8.12. The predicted octanol–water partition coefficient (Wildman–Crippen LogP) is 4.27. The largest absolute Gasteiger partial charge is 0.481 e. The molecule has 1 N–H and O–H groups in total. The van der Waals surface area contributed by atoms with Gasteiger partial charge in [-0.05, 0) is 43.4 Å². The van der Waals surface area contributed by atoms with Crippen LogP contribution in [-0.2, 0) is 4.79 Å². The van der Waals surface area contributed by atoms with Crippen LogP contribution in [0.2, 0.25) is 0 Å². The summed E-state index contributed by atoms with van der Waals surface area (Å²) in [5.41, 5.74) is 1.31. The van der Waals surface area contributed by atoms with Gasteiger partial charge in [0.15, 0.2) is 6.10 Å². The van der Waals surface area contributed by atoms with Crippen molar-refractivity contribution in [1.82, 2.24) is 5.32 Å². The fraction of sp³-hybridized carbons (Fsp3) is 0.611. The van der Waals surface area contributed by atoms with Gasteiger partial charge in [0.2, 0.25) is 0 Å². The molecule has 0 saturated heterocycles. The average molecular weight is 291 g/mol. The molecular weight excluding hydrogens is 262 g/mol. The molecule has 118 valence electrons. The molecule has 0 heterocycles. The van der Waals surface area contributed by atoms with Crippen molar-refractivity contribution >= 4 is 5.91 Å². The van der Waals surface area contributed by atoms with Gasteiger partial charge in [0.1, 0.15) is 5.75 Å². The Labute approximate surface area is 129 Å². The van der Waals surface area contributed by atoms with E-state index in [1.165, 1.54) is 5.56 Å². The second-order valence-electron chi connectivity index (χ2n) is 5.64. The SMILES string of the molecule is CCCCCNC(=O)C(C)Oc1ccc(C(C)CC)cc1. The average Bonchev–Trinajstić information content (AvgIpc) is 2.51. The molecule has 1 rings (SSSR count). The lowest BCUT2D eigenvalue weighted by Gasteiger charge is -2.16. The van der Waals surface area contributed by atoms with Crippen molar-refractivity contribution in [3.8, 4) is 5.75 Å². The molecular formula is C18H29NO2. The zero-order valence-electron chi connectivity index (χ0n) is 13.8. The van der Waals surface area contributed by atoms with Crippen molar-refractivity contribution < 1.29 is 9.53 Å². The number of carbonyl (C=O) groups excluding carboxylic acids is 1. The third-order valence-corrected chi connectivity index (χ3v) is 3.82. The van der Waals surface area contributed by atoms with E-state index in [-0.39, 0.29) is 5.91 Å². The maximum Gasteiger partial charge on any atom is 0.260 e. The van der Waals surface area contributed by atoms with Crippen molar-refractivity contribution in [1.29, 1.82) is 0 Å². The van der Waals surface area contributed by atoms with E-state index in [1.807, 2.05) is 12.1 Å². The van der Waals surface area contributed by atoms with Gasteiger partial charge in [0, 0.05) is 6.54 Å². The van der Waals surface area contributed by atoms with E-state index < -0.39 is 6.10 Å². The van der Waals surface area contributed by atoms with Crippen LogP contribution < -0.4 is 10.1 Å². The molecule has 0 saturated carbocycles. The molecule has 0 aliphatic rings. The van der Waals surface area contributed by atoms with E-state index in [0.717, 1.165) is 38.0 Å². The van der Waals surface area contributed by atoms with E-state index in [1.54, 1.807) is 6.92 Å². The summed E-state index contributed by atoms with van der Waals surface area (Å²) < 4.78 is 5.69. The van der Waals surface area contributed by atoms with Gasteiger partial charge in [-0.15, -0.1) is 0 Å². The summed E-state index contributed by atoms with van der Waals surface area (Å²) >= 11 is 0. The Morgan fingerprint density at radius 1 is 1.14 bits per heavy atom. The molecule has 1 amide bonds. The molecule has 0 aliphatic heterocycles. The third kappa shape index (κ3) is 6.19. The summed E-state index contributed by atoms with van der Waals surface area (Å²) in [6, 6.07) is 8.05. The molecule has 2 atom stereocenters. The van der Waals surface area contributed by atoms with Crippen LogP contribution in [0.25, 0.3) is 0 Å². The Balaban J connectivity index is 2.43. The number of rotatable bonds is 9. The number of hydrogen-bond acceptors (Lipinski definition) is 2. The fourth-order valence-corrected chi connectivity index (χ4v) is 2.10. The predicted molar refractivity (Wildman–Crippen MR) is 87.8 cm³/mol. The van der Waals surface area contributed by atoms with Crippen molar-refractivity contribution in [2.45, 2.75) is 65.4 Å². The highest BCUT2D eigenvalue weighted by atomic mass is 16.5. The Morgan fingerprint density at radius 2 is 1.81 bits per heavy atom. The number of nitrogens with one attached hydrogen (secondary N) is 1. The van der Waals surface area contributed by atoms with Crippen LogP contribution in [0, 0.1) is 0 Å². The number of carbonyl (C=O) groups is 1. The summed E-state index contributed by atoms with van der Waals surface area (Å²) in [7, 11) is 0. The molecule has 0 aromatic heterocycles. The van der Waals surface area contributed by atoms with Gasteiger partial charge in [-0.3, -0.25) is 4.79 Å². The van der Waals surface area contributed by atoms with E-state index >= 15 is 0 Å². The Hall–Kier alpha value is -1.51. The molecule has 3 nitrogen and oxygen atoms in total. The normalized spacial score (nSPS) is 13.5. The van der Waals surface area contributed by atoms with Crippen LogP contribution in [0.1, 0.15) is 64.9 Å². The number of unbranched alkanes of at least 4 members (excludes halogenated alkanes) is 2. The van der Waals surface area contributed by atoms with Crippen molar-refractivity contribution in [3.63, 3.8) is 0 Å². The van der Waals surface area contributed by atoms with Gasteiger partial charge in [0.25, 0.3) is 5.91 Å². The molecule has 0 spiro atoms. The maximum atomic E-state index is 11.9. The highest BCUT2D eigenvalue weighted by Gasteiger charge is 2.14. The smallest absolute Gasteiger partial charge is 0.260 e. The Morgan fingerprint density at radius 3 is 2.38 bits per heavy atom. The minimum Gasteiger partial charge on any atom is -0.481 e. The summed E-state index contributed by atoms with van der Waals surface area (Å²) in [6.07, 6.45) is 3.99. The Bertz CT molecular complexity index is 414. The number of ether oxygens (including phenoxy) is 1. The third-order valence-electron chi connectivity index (χ3n) is 3.82. The molecule has 1 aromatic rings. The summed E-state index contributed by atoms with van der Waals surface area (Å²) in [5, 5.41) is 2.91. The summed E-state index contributed by atoms with van der Waals surface area (Å²) in [4.78, 5) is 11.9. The number of benzene rings is 1. The second-order valence-corrected chi connectivity index (χ2v) is 5.64. The first kappa shape index (κ1) is 17.5. The first-order chi connectivity index (χ1) is 10.1. The van der Waals surface area contributed by atoms with E-state index in [9.17, 15) is 4.79 Å². The standard InChI is InChI=1S/C18H29NO2/c1-5-7-8-13-19-18(20)15(4)21-17-11-9-16(10-12-17)14(3)6-2/h9-12,14-15H,5-8,13H2,1-4H3,(H,19,20). The maximum absolute atomic E-state index is 11.9. The van der Waals surface area contributed by atoms with Crippen LogP contribution in [0.15, 0.2) is 24.3 Å². The topological polar surface area (TPSA) is 38.3 Å². The van der Waals surface area contributed by atoms with Gasteiger partial charge < -0.3 is 10.1 Å². The lowest BCUT2D eigenvalue weighted by Crippen LogP contribution is -2.36. The highest BCUT2D eigenvalue weighted by Crippen LogP contribution is 2.22. The van der Waals surface area contributed by atoms with Gasteiger partial charge in [-0.1, -0.05) is 45.7 Å². The van der Waals surface area contributed by atoms with Crippen LogP contribution in [-0.4, -0.2) is 18.6 Å². The van der Waals surface area contributed by atoms with Crippen LogP contribution in [0.5, 0.6) is 5.75 Å². The Kier molecular flexibility index (Phi) is 7.88. The molecule has 2 unspecified atom stereocenters. The first-order valence-electron chi connectivity index (χ1n) is 8.12. The molecule has 3 heteroatoms. The van der Waals surface area contributed by atoms with E-state index in [4.69, 9.17) is 4.74 Å². The minimum atomic E-state index is -0.457. The van der Waals surface area contributed by atoms with Crippen LogP contribution in [0.3, 0.4) is 0 Å². The van der Waals surface area contributed by atoms with Crippen molar-refractivity contribution in [2.75, 3.05) is 6.54 Å². The number of hydrogen-bond donors (Lipinski definition) is 1. The summed E-state index contributed by atoms with van der Waals surface area (Å²) in [5.74, 6) is 1.26. The van der Waals surface area contributed by atoms with Gasteiger partial charge in [-0.2, -0.15) is 0 Å². The molecule has 0 aliphatic carbocycles. The van der Waals surface area contributed by atoms with Crippen LogP contribution in [0.4, 0.5) is 0 Å². The monoisotopic (exact) mass is 291 g/mol. The lowest BCUT2D eigenvalue weighted by molar-refractivity contribution is -0.127. The molecule has 0 radical (unpaired) electrons.